The number of epoxide rings is 2. The predicted molar refractivity (Wildman–Crippen MR) is 96.2 cm³/mol. The maximum atomic E-state index is 12.0. The summed E-state index contributed by atoms with van der Waals surface area (Å²) in [6, 6.07) is 0. The van der Waals surface area contributed by atoms with Gasteiger partial charge in [-0.15, -0.1) is 0 Å². The van der Waals surface area contributed by atoms with Gasteiger partial charge in [-0.1, -0.05) is 11.6 Å². The van der Waals surface area contributed by atoms with E-state index in [0.29, 0.717) is 13.0 Å². The van der Waals surface area contributed by atoms with Crippen LogP contribution in [0.2, 0.25) is 0 Å². The van der Waals surface area contributed by atoms with Crippen LogP contribution in [0.5, 0.6) is 0 Å². The lowest BCUT2D eigenvalue weighted by molar-refractivity contribution is -0.166. The highest BCUT2D eigenvalue weighted by Gasteiger charge is 2.72. The van der Waals surface area contributed by atoms with Gasteiger partial charge in [0.25, 0.3) is 0 Å². The van der Waals surface area contributed by atoms with Crippen molar-refractivity contribution in [2.75, 3.05) is 13.7 Å². The van der Waals surface area contributed by atoms with E-state index in [1.54, 1.807) is 7.11 Å². The summed E-state index contributed by atoms with van der Waals surface area (Å²) in [7, 11) is 1.60. The van der Waals surface area contributed by atoms with E-state index in [9.17, 15) is 9.59 Å². The Morgan fingerprint density at radius 2 is 2.00 bits per heavy atom. The van der Waals surface area contributed by atoms with Gasteiger partial charge in [-0.05, 0) is 40.0 Å². The first-order chi connectivity index (χ1) is 12.7. The van der Waals surface area contributed by atoms with Gasteiger partial charge in [-0.3, -0.25) is 0 Å². The Morgan fingerprint density at radius 1 is 1.30 bits per heavy atom. The molecule has 7 nitrogen and oxygen atoms in total. The lowest BCUT2D eigenvalue weighted by Crippen LogP contribution is -2.55. The number of ether oxygens (including phenoxy) is 4. The molecule has 7 heteroatoms. The van der Waals surface area contributed by atoms with Crippen LogP contribution in [0.3, 0.4) is 0 Å². The molecule has 3 fully saturated rings. The number of carboxylic acids is 1. The Labute approximate surface area is 159 Å². The fourth-order valence-corrected chi connectivity index (χ4v) is 4.40. The molecule has 0 amide bonds. The molecule has 1 spiro atoms. The third kappa shape index (κ3) is 4.10. The van der Waals surface area contributed by atoms with Crippen molar-refractivity contribution in [3.05, 3.63) is 23.8 Å². The van der Waals surface area contributed by atoms with E-state index >= 15 is 0 Å². The Balaban J connectivity index is 1.74. The summed E-state index contributed by atoms with van der Waals surface area (Å²) in [6.07, 6.45) is 5.30. The fourth-order valence-electron chi connectivity index (χ4n) is 4.40. The van der Waals surface area contributed by atoms with Gasteiger partial charge >= 0.3 is 11.9 Å². The van der Waals surface area contributed by atoms with Crippen LogP contribution < -0.4 is 0 Å². The van der Waals surface area contributed by atoms with E-state index in [1.165, 1.54) is 5.57 Å². The number of esters is 1. The zero-order valence-corrected chi connectivity index (χ0v) is 16.3. The minimum absolute atomic E-state index is 0.0550. The van der Waals surface area contributed by atoms with Gasteiger partial charge < -0.3 is 24.1 Å². The maximum absolute atomic E-state index is 12.0. The molecule has 150 valence electrons. The zero-order chi connectivity index (χ0) is 19.8. The average Bonchev–Trinajstić information content (AvgIpc) is 3.50. The minimum atomic E-state index is -1.19. The van der Waals surface area contributed by atoms with Crippen LogP contribution in [0.15, 0.2) is 23.8 Å². The highest BCUT2D eigenvalue weighted by Crippen LogP contribution is 2.59. The number of hydrogen-bond acceptors (Lipinski definition) is 6. The molecule has 1 N–H and O–H groups in total. The molecule has 1 unspecified atom stereocenters. The van der Waals surface area contributed by atoms with Gasteiger partial charge in [0.05, 0.1) is 18.6 Å². The Morgan fingerprint density at radius 3 is 2.56 bits per heavy atom. The van der Waals surface area contributed by atoms with Crippen molar-refractivity contribution in [2.24, 2.45) is 5.92 Å². The van der Waals surface area contributed by atoms with Crippen molar-refractivity contribution in [2.45, 2.75) is 69.5 Å². The number of allylic oxidation sites excluding steroid dienone is 1. The molecule has 2 saturated heterocycles. The third-order valence-corrected chi connectivity index (χ3v) is 5.87. The highest BCUT2D eigenvalue weighted by molar-refractivity contribution is 5.90. The van der Waals surface area contributed by atoms with Crippen LogP contribution in [-0.2, 0) is 28.5 Å². The van der Waals surface area contributed by atoms with E-state index in [-0.39, 0.29) is 23.7 Å². The Hall–Kier alpha value is -1.70. The number of hydrogen-bond donors (Lipinski definition) is 1. The van der Waals surface area contributed by atoms with E-state index in [1.807, 2.05) is 0 Å². The van der Waals surface area contributed by atoms with E-state index < -0.39 is 23.6 Å². The molecule has 3 aliphatic rings. The number of methoxy groups -OCH3 is 1. The summed E-state index contributed by atoms with van der Waals surface area (Å²) >= 11 is 0. The lowest BCUT2D eigenvalue weighted by Gasteiger charge is -2.42. The first-order valence-electron chi connectivity index (χ1n) is 9.31. The molecular weight excluding hydrogens is 352 g/mol. The second kappa shape index (κ2) is 7.37. The molecular formula is C20H28O7. The first kappa shape index (κ1) is 20.0. The molecule has 27 heavy (non-hydrogen) atoms. The summed E-state index contributed by atoms with van der Waals surface area (Å²) < 4.78 is 23.2. The molecule has 0 aromatic carbocycles. The summed E-state index contributed by atoms with van der Waals surface area (Å²) in [6.45, 7) is 6.85. The van der Waals surface area contributed by atoms with Gasteiger partial charge in [0, 0.05) is 19.3 Å². The van der Waals surface area contributed by atoms with Crippen molar-refractivity contribution in [1.82, 2.24) is 0 Å². The summed E-state index contributed by atoms with van der Waals surface area (Å²) in [5.41, 5.74) is 0.564. The number of carbonyl (C=O) groups is 2. The first-order valence-corrected chi connectivity index (χ1v) is 9.31. The average molecular weight is 380 g/mol. The second-order valence-corrected chi connectivity index (χ2v) is 8.02. The predicted octanol–water partition coefficient (Wildman–Crippen LogP) is 2.25. The quantitative estimate of drug-likeness (QED) is 0.313. The number of aliphatic carboxylic acids is 1. The van der Waals surface area contributed by atoms with Gasteiger partial charge in [-0.2, -0.15) is 0 Å². The maximum Gasteiger partial charge on any atom is 0.331 e. The molecule has 1 saturated carbocycles. The SMILES string of the molecule is CO[C@@H]1C(OC(=O)/C=C/C(=O)O)CC[C@]2(CO2)[C@H]1[C@@]1(C)O[C@@H]1CC=C(C)C. The topological polar surface area (TPSA) is 97.9 Å². The smallest absolute Gasteiger partial charge is 0.331 e. The summed E-state index contributed by atoms with van der Waals surface area (Å²) in [5.74, 6) is -1.93. The molecule has 0 aromatic heterocycles. The number of carboxylic acid groups (broad SMARTS) is 1. The standard InChI is InChI=1S/C20H28O7/c1-12(2)5-6-14-19(3,27-14)18-17(24-4)13(9-10-20(18)11-25-20)26-16(23)8-7-15(21)22/h5,7-8,13-14,17-18H,6,9-11H2,1-4H3,(H,21,22)/b8-7+/t13?,14-,17-,18-,19+,20+/m1/s1. The highest BCUT2D eigenvalue weighted by atomic mass is 16.6. The van der Waals surface area contributed by atoms with Crippen LogP contribution in [0.25, 0.3) is 0 Å². The third-order valence-electron chi connectivity index (χ3n) is 5.87. The summed E-state index contributed by atoms with van der Waals surface area (Å²) in [5, 5.41) is 8.66. The molecule has 2 heterocycles. The van der Waals surface area contributed by atoms with Crippen molar-refractivity contribution >= 4 is 11.9 Å². The zero-order valence-electron chi connectivity index (χ0n) is 16.3. The Bertz CT molecular complexity index is 659. The van der Waals surface area contributed by atoms with Gasteiger partial charge in [0.2, 0.25) is 0 Å². The normalized spacial score (nSPS) is 40.0. The van der Waals surface area contributed by atoms with Crippen molar-refractivity contribution < 1.29 is 33.6 Å². The van der Waals surface area contributed by atoms with Crippen LogP contribution >= 0.6 is 0 Å². The molecule has 1 aliphatic carbocycles. The van der Waals surface area contributed by atoms with Crippen molar-refractivity contribution in [3.8, 4) is 0 Å². The minimum Gasteiger partial charge on any atom is -0.478 e. The van der Waals surface area contributed by atoms with Crippen LogP contribution in [0, 0.1) is 5.92 Å². The lowest BCUT2D eigenvalue weighted by atomic mass is 9.68. The van der Waals surface area contributed by atoms with E-state index in [4.69, 9.17) is 24.1 Å². The van der Waals surface area contributed by atoms with Crippen LogP contribution in [0.4, 0.5) is 0 Å². The molecule has 2 aliphatic heterocycles. The van der Waals surface area contributed by atoms with E-state index in [0.717, 1.165) is 25.0 Å². The van der Waals surface area contributed by atoms with Gasteiger partial charge in [0.15, 0.2) is 0 Å². The number of rotatable bonds is 7. The molecule has 0 radical (unpaired) electrons. The molecule has 3 rings (SSSR count). The summed E-state index contributed by atoms with van der Waals surface area (Å²) in [4.78, 5) is 22.6. The molecule has 0 bridgehead atoms. The van der Waals surface area contributed by atoms with Gasteiger partial charge in [0.1, 0.15) is 23.4 Å². The second-order valence-electron chi connectivity index (χ2n) is 8.02. The van der Waals surface area contributed by atoms with Crippen LogP contribution in [0.1, 0.15) is 40.0 Å². The molecule has 0 aromatic rings. The van der Waals surface area contributed by atoms with Crippen molar-refractivity contribution in [3.63, 3.8) is 0 Å². The Kier molecular flexibility index (Phi) is 5.47. The van der Waals surface area contributed by atoms with Crippen LogP contribution in [-0.4, -0.2) is 60.3 Å². The fraction of sp³-hybridized carbons (Fsp3) is 0.700. The largest absolute Gasteiger partial charge is 0.478 e. The monoisotopic (exact) mass is 380 g/mol. The van der Waals surface area contributed by atoms with E-state index in [2.05, 4.69) is 26.8 Å². The molecule has 6 atom stereocenters. The number of carbonyl (C=O) groups excluding carboxylic acids is 1. The van der Waals surface area contributed by atoms with Gasteiger partial charge in [-0.25, -0.2) is 9.59 Å². The van der Waals surface area contributed by atoms with Crippen molar-refractivity contribution in [1.29, 1.82) is 0 Å².